The molecule has 1 aromatic carbocycles. The van der Waals surface area contributed by atoms with Crippen molar-refractivity contribution in [3.05, 3.63) is 59.8 Å². The summed E-state index contributed by atoms with van der Waals surface area (Å²) in [6.07, 6.45) is 1.70. The normalized spacial score (nSPS) is 21.2. The van der Waals surface area contributed by atoms with Crippen LogP contribution in [0.3, 0.4) is 0 Å². The Kier molecular flexibility index (Phi) is 3.94. The molecule has 0 spiro atoms. The summed E-state index contributed by atoms with van der Waals surface area (Å²) in [5, 5.41) is 2.89. The van der Waals surface area contributed by atoms with Crippen LogP contribution in [-0.2, 0) is 4.79 Å². The Hall–Kier alpha value is -2.24. The van der Waals surface area contributed by atoms with E-state index in [2.05, 4.69) is 21.2 Å². The second kappa shape index (κ2) is 6.03. The molecule has 3 rings (SSSR count). The van der Waals surface area contributed by atoms with E-state index in [9.17, 15) is 4.79 Å². The Balaban J connectivity index is 1.74. The lowest BCUT2D eigenvalue weighted by Crippen LogP contribution is -2.29. The molecule has 0 radical (unpaired) electrons. The van der Waals surface area contributed by atoms with Gasteiger partial charge in [-0.1, -0.05) is 30.3 Å². The van der Waals surface area contributed by atoms with E-state index in [1.54, 1.807) is 6.20 Å². The molecule has 5 heteroatoms. The fraction of sp³-hybridized carbons (Fsp3) is 0.250. The van der Waals surface area contributed by atoms with Gasteiger partial charge >= 0.3 is 0 Å². The molecule has 0 bridgehead atoms. The van der Waals surface area contributed by atoms with Crippen LogP contribution >= 0.6 is 0 Å². The lowest BCUT2D eigenvalue weighted by Gasteiger charge is -2.18. The standard InChI is InChI=1S/C16H18N4O/c1-11-7-8-17-14(9-11)19-16(21)13-10-18-20-15(13)12-5-3-2-4-6-12/h2-9,13,15,18,20H,10H2,1H3,(H,17,19,21). The highest BCUT2D eigenvalue weighted by atomic mass is 16.2. The molecule has 1 aromatic heterocycles. The minimum absolute atomic E-state index is 0.0283. The molecule has 1 aliphatic heterocycles. The summed E-state index contributed by atoms with van der Waals surface area (Å²) in [7, 11) is 0. The average molecular weight is 282 g/mol. The number of amides is 1. The van der Waals surface area contributed by atoms with Crippen molar-refractivity contribution in [3.8, 4) is 0 Å². The molecule has 2 aromatic rings. The number of carbonyl (C=O) groups is 1. The molecule has 21 heavy (non-hydrogen) atoms. The number of pyridine rings is 1. The van der Waals surface area contributed by atoms with Gasteiger partial charge in [0.05, 0.1) is 12.0 Å². The lowest BCUT2D eigenvalue weighted by atomic mass is 9.94. The van der Waals surface area contributed by atoms with Crippen molar-refractivity contribution in [2.45, 2.75) is 13.0 Å². The summed E-state index contributed by atoms with van der Waals surface area (Å²) < 4.78 is 0. The number of hydrazine groups is 1. The molecule has 3 N–H and O–H groups in total. The molecule has 0 aliphatic carbocycles. The van der Waals surface area contributed by atoms with Gasteiger partial charge in [0.1, 0.15) is 5.82 Å². The van der Waals surface area contributed by atoms with Crippen LogP contribution in [0.2, 0.25) is 0 Å². The summed E-state index contributed by atoms with van der Waals surface area (Å²) in [6.45, 7) is 2.57. The summed E-state index contributed by atoms with van der Waals surface area (Å²) in [6, 6.07) is 13.7. The largest absolute Gasteiger partial charge is 0.310 e. The van der Waals surface area contributed by atoms with E-state index in [1.807, 2.05) is 49.4 Å². The second-order valence-electron chi connectivity index (χ2n) is 5.23. The predicted octanol–water partition coefficient (Wildman–Crippen LogP) is 1.79. The van der Waals surface area contributed by atoms with E-state index in [4.69, 9.17) is 0 Å². The lowest BCUT2D eigenvalue weighted by molar-refractivity contribution is -0.119. The van der Waals surface area contributed by atoms with Crippen LogP contribution in [-0.4, -0.2) is 17.4 Å². The average Bonchev–Trinajstić information content (AvgIpc) is 2.98. The topological polar surface area (TPSA) is 66.0 Å². The summed E-state index contributed by atoms with van der Waals surface area (Å²) in [4.78, 5) is 16.7. The van der Waals surface area contributed by atoms with Gasteiger partial charge in [-0.25, -0.2) is 10.4 Å². The molecule has 2 atom stereocenters. The van der Waals surface area contributed by atoms with Crippen molar-refractivity contribution >= 4 is 11.7 Å². The van der Waals surface area contributed by atoms with Gasteiger partial charge in [0.15, 0.2) is 0 Å². The van der Waals surface area contributed by atoms with Crippen molar-refractivity contribution < 1.29 is 4.79 Å². The van der Waals surface area contributed by atoms with E-state index in [0.717, 1.165) is 11.1 Å². The highest BCUT2D eigenvalue weighted by molar-refractivity contribution is 5.92. The number of anilines is 1. The van der Waals surface area contributed by atoms with Crippen LogP contribution in [0, 0.1) is 12.8 Å². The van der Waals surface area contributed by atoms with Crippen LogP contribution in [0.4, 0.5) is 5.82 Å². The predicted molar refractivity (Wildman–Crippen MR) is 81.4 cm³/mol. The van der Waals surface area contributed by atoms with Gasteiger partial charge < -0.3 is 5.32 Å². The van der Waals surface area contributed by atoms with E-state index in [0.29, 0.717) is 12.4 Å². The summed E-state index contributed by atoms with van der Waals surface area (Å²) >= 11 is 0. The molecule has 1 fully saturated rings. The maximum atomic E-state index is 12.5. The first-order chi connectivity index (χ1) is 10.2. The Morgan fingerprint density at radius 2 is 2.10 bits per heavy atom. The van der Waals surface area contributed by atoms with Gasteiger partial charge in [-0.05, 0) is 30.2 Å². The molecular formula is C16H18N4O. The number of benzene rings is 1. The van der Waals surface area contributed by atoms with Gasteiger partial charge in [-0.3, -0.25) is 10.2 Å². The minimum Gasteiger partial charge on any atom is -0.310 e. The fourth-order valence-corrected chi connectivity index (χ4v) is 2.54. The molecule has 108 valence electrons. The third-order valence-corrected chi connectivity index (χ3v) is 3.64. The first-order valence-corrected chi connectivity index (χ1v) is 7.01. The number of aromatic nitrogens is 1. The van der Waals surface area contributed by atoms with Gasteiger partial charge in [-0.2, -0.15) is 0 Å². The zero-order valence-electron chi connectivity index (χ0n) is 11.8. The van der Waals surface area contributed by atoms with Crippen LogP contribution in [0.1, 0.15) is 17.2 Å². The Bertz CT molecular complexity index is 629. The number of rotatable bonds is 3. The molecule has 1 amide bonds. The zero-order valence-corrected chi connectivity index (χ0v) is 11.8. The number of carbonyl (C=O) groups excluding carboxylic acids is 1. The zero-order chi connectivity index (χ0) is 14.7. The molecule has 2 unspecified atom stereocenters. The highest BCUT2D eigenvalue weighted by Crippen LogP contribution is 2.25. The summed E-state index contributed by atoms with van der Waals surface area (Å²) in [5.74, 6) is 0.396. The third kappa shape index (κ3) is 3.09. The Labute approximate surface area is 123 Å². The molecule has 2 heterocycles. The fourth-order valence-electron chi connectivity index (χ4n) is 2.54. The third-order valence-electron chi connectivity index (χ3n) is 3.64. The minimum atomic E-state index is -0.172. The molecule has 1 aliphatic rings. The first kappa shape index (κ1) is 13.7. The SMILES string of the molecule is Cc1ccnc(NC(=O)C2CNNC2c2ccccc2)c1. The molecule has 0 saturated carbocycles. The number of nitrogens with zero attached hydrogens (tertiary/aromatic N) is 1. The molecule has 1 saturated heterocycles. The van der Waals surface area contributed by atoms with E-state index in [1.165, 1.54) is 0 Å². The number of hydrogen-bond acceptors (Lipinski definition) is 4. The van der Waals surface area contributed by atoms with Crippen molar-refractivity contribution in [1.82, 2.24) is 15.8 Å². The highest BCUT2D eigenvalue weighted by Gasteiger charge is 2.33. The van der Waals surface area contributed by atoms with Crippen molar-refractivity contribution in [3.63, 3.8) is 0 Å². The maximum absolute atomic E-state index is 12.5. The Morgan fingerprint density at radius 3 is 2.86 bits per heavy atom. The first-order valence-electron chi connectivity index (χ1n) is 7.01. The number of nitrogens with one attached hydrogen (secondary N) is 3. The second-order valence-corrected chi connectivity index (χ2v) is 5.23. The Morgan fingerprint density at radius 1 is 1.29 bits per heavy atom. The number of hydrogen-bond donors (Lipinski definition) is 3. The summed E-state index contributed by atoms with van der Waals surface area (Å²) in [5.41, 5.74) is 8.41. The molecular weight excluding hydrogens is 264 g/mol. The molecule has 5 nitrogen and oxygen atoms in total. The number of aryl methyl sites for hydroxylation is 1. The van der Waals surface area contributed by atoms with Crippen LogP contribution < -0.4 is 16.2 Å². The van der Waals surface area contributed by atoms with Crippen LogP contribution in [0.5, 0.6) is 0 Å². The smallest absolute Gasteiger partial charge is 0.231 e. The van der Waals surface area contributed by atoms with Gasteiger partial charge in [0.2, 0.25) is 5.91 Å². The van der Waals surface area contributed by atoms with Gasteiger partial charge in [-0.15, -0.1) is 0 Å². The van der Waals surface area contributed by atoms with Gasteiger partial charge in [0.25, 0.3) is 0 Å². The maximum Gasteiger partial charge on any atom is 0.231 e. The quantitative estimate of drug-likeness (QED) is 0.803. The van der Waals surface area contributed by atoms with Crippen molar-refractivity contribution in [1.29, 1.82) is 0 Å². The van der Waals surface area contributed by atoms with E-state index in [-0.39, 0.29) is 17.9 Å². The van der Waals surface area contributed by atoms with E-state index < -0.39 is 0 Å². The monoisotopic (exact) mass is 282 g/mol. The van der Waals surface area contributed by atoms with Crippen molar-refractivity contribution in [2.24, 2.45) is 5.92 Å². The van der Waals surface area contributed by atoms with E-state index >= 15 is 0 Å². The van der Waals surface area contributed by atoms with Gasteiger partial charge in [0, 0.05) is 12.7 Å². The van der Waals surface area contributed by atoms with Crippen molar-refractivity contribution in [2.75, 3.05) is 11.9 Å². The van der Waals surface area contributed by atoms with Crippen LogP contribution in [0.25, 0.3) is 0 Å². The van der Waals surface area contributed by atoms with Crippen LogP contribution in [0.15, 0.2) is 48.7 Å².